The van der Waals surface area contributed by atoms with Crippen molar-refractivity contribution in [1.29, 1.82) is 0 Å². The van der Waals surface area contributed by atoms with E-state index >= 15 is 0 Å². The topological polar surface area (TPSA) is 231 Å². The minimum Gasteiger partial charge on any atom is -0.394 e. The average Bonchev–Trinajstić information content (AvgIpc) is 2.94. The molecule has 10 N–H and O–H groups in total. The molecule has 41 heavy (non-hydrogen) atoms. The summed E-state index contributed by atoms with van der Waals surface area (Å²) in [5.74, 6) is -0.0178. The van der Waals surface area contributed by atoms with Gasteiger partial charge in [0.2, 0.25) is 0 Å². The molecule has 2 saturated heterocycles. The predicted molar refractivity (Wildman–Crippen MR) is 140 cm³/mol. The minimum atomic E-state index is -1.41. The fourth-order valence-corrected chi connectivity index (χ4v) is 6.37. The van der Waals surface area contributed by atoms with E-state index in [1.165, 1.54) is 0 Å². The molecule has 4 aliphatic rings. The van der Waals surface area contributed by atoms with Crippen molar-refractivity contribution in [2.24, 2.45) is 5.92 Å². The number of aliphatic hydroxyl groups is 9. The normalized spacial score (nSPS) is 49.5. The summed E-state index contributed by atoms with van der Waals surface area (Å²) in [6.07, 6.45) is -10.9. The summed E-state index contributed by atoms with van der Waals surface area (Å²) in [5.41, 5.74) is 0.627. The van der Waals surface area contributed by atoms with E-state index in [0.717, 1.165) is 0 Å². The van der Waals surface area contributed by atoms with E-state index in [1.807, 2.05) is 6.92 Å². The maximum absolute atomic E-state index is 10.9. The number of aliphatic hydroxyl groups excluding tert-OH is 9. The fraction of sp³-hybridized carbons (Fsp3) is 0.926. The predicted octanol–water partition coefficient (Wildman–Crippen LogP) is -3.74. The molecule has 0 amide bonds. The van der Waals surface area contributed by atoms with E-state index in [2.05, 4.69) is 5.32 Å². The first-order valence-corrected chi connectivity index (χ1v) is 14.5. The van der Waals surface area contributed by atoms with Crippen LogP contribution in [0.1, 0.15) is 39.5 Å². The van der Waals surface area contributed by atoms with Crippen LogP contribution in [-0.4, -0.2) is 157 Å². The summed E-state index contributed by atoms with van der Waals surface area (Å²) < 4.78 is 23.2. The molecule has 2 aliphatic heterocycles. The van der Waals surface area contributed by atoms with Crippen LogP contribution in [0.4, 0.5) is 0 Å². The van der Waals surface area contributed by atoms with Crippen LogP contribution in [0.3, 0.4) is 0 Å². The van der Waals surface area contributed by atoms with Gasteiger partial charge in [-0.05, 0) is 37.7 Å². The lowest BCUT2D eigenvalue weighted by Gasteiger charge is -2.46. The van der Waals surface area contributed by atoms with Crippen molar-refractivity contribution in [3.05, 3.63) is 11.6 Å². The van der Waals surface area contributed by atoms with Crippen LogP contribution in [-0.2, 0) is 18.9 Å². The van der Waals surface area contributed by atoms with E-state index in [4.69, 9.17) is 18.9 Å². The first-order valence-electron chi connectivity index (χ1n) is 14.5. The second-order valence-electron chi connectivity index (χ2n) is 11.9. The summed E-state index contributed by atoms with van der Waals surface area (Å²) in [6.45, 7) is 2.32. The maximum atomic E-state index is 10.9. The third kappa shape index (κ3) is 7.46. The lowest BCUT2D eigenvalue weighted by Crippen LogP contribution is -2.62. The average molecular weight is 594 g/mol. The first-order chi connectivity index (χ1) is 19.5. The summed E-state index contributed by atoms with van der Waals surface area (Å²) in [5, 5.41) is 95.5. The number of ether oxygens (including phenoxy) is 4. The summed E-state index contributed by atoms with van der Waals surface area (Å²) in [7, 11) is 0. The van der Waals surface area contributed by atoms with Crippen LogP contribution < -0.4 is 5.32 Å². The third-order valence-electron chi connectivity index (χ3n) is 8.91. The van der Waals surface area contributed by atoms with Crippen molar-refractivity contribution in [2.75, 3.05) is 19.8 Å². The molecule has 14 heteroatoms. The second kappa shape index (κ2) is 14.3. The molecule has 238 valence electrons. The summed E-state index contributed by atoms with van der Waals surface area (Å²) in [6, 6.07) is -0.800. The Morgan fingerprint density at radius 3 is 2.15 bits per heavy atom. The maximum Gasteiger partial charge on any atom is 0.184 e. The van der Waals surface area contributed by atoms with Crippen LogP contribution in [0.2, 0.25) is 0 Å². The number of hydrogen-bond acceptors (Lipinski definition) is 14. The van der Waals surface area contributed by atoms with Gasteiger partial charge in [-0.1, -0.05) is 13.0 Å². The minimum absolute atomic E-state index is 0.0114. The zero-order valence-corrected chi connectivity index (χ0v) is 23.4. The van der Waals surface area contributed by atoms with Crippen molar-refractivity contribution in [3.8, 4) is 0 Å². The van der Waals surface area contributed by atoms with Crippen molar-refractivity contribution < 1.29 is 64.9 Å². The Balaban J connectivity index is 1.34. The Kier molecular flexibility index (Phi) is 11.5. The van der Waals surface area contributed by atoms with Gasteiger partial charge in [0, 0.05) is 12.5 Å². The molecule has 0 bridgehead atoms. The van der Waals surface area contributed by atoms with Crippen molar-refractivity contribution in [2.45, 2.75) is 131 Å². The summed E-state index contributed by atoms with van der Waals surface area (Å²) in [4.78, 5) is 0. The molecule has 14 nitrogen and oxygen atoms in total. The lowest BCUT2D eigenvalue weighted by atomic mass is 9.80. The molecule has 4 rings (SSSR count). The Morgan fingerprint density at radius 2 is 1.49 bits per heavy atom. The van der Waals surface area contributed by atoms with Crippen LogP contribution in [0.5, 0.6) is 0 Å². The van der Waals surface area contributed by atoms with Crippen molar-refractivity contribution in [1.82, 2.24) is 5.32 Å². The SMILES string of the molecule is CC1CC(OC2CC(O)C(OC3C(CO)OC(C)C(O)C3O)OC2CO)C(O)CC1NC1C=C(CO)CC(O)C1O. The van der Waals surface area contributed by atoms with E-state index in [1.54, 1.807) is 13.0 Å². The molecule has 16 atom stereocenters. The van der Waals surface area contributed by atoms with Gasteiger partial charge in [0.25, 0.3) is 0 Å². The van der Waals surface area contributed by atoms with Crippen LogP contribution >= 0.6 is 0 Å². The van der Waals surface area contributed by atoms with Crippen LogP contribution in [0, 0.1) is 5.92 Å². The molecule has 16 unspecified atom stereocenters. The van der Waals surface area contributed by atoms with Gasteiger partial charge in [-0.2, -0.15) is 0 Å². The summed E-state index contributed by atoms with van der Waals surface area (Å²) >= 11 is 0. The fourth-order valence-electron chi connectivity index (χ4n) is 6.37. The molecule has 2 aliphatic carbocycles. The largest absolute Gasteiger partial charge is 0.394 e. The van der Waals surface area contributed by atoms with Crippen molar-refractivity contribution >= 4 is 0 Å². The number of rotatable bonds is 9. The van der Waals surface area contributed by atoms with E-state index in [9.17, 15) is 46.0 Å². The smallest absolute Gasteiger partial charge is 0.184 e. The highest BCUT2D eigenvalue weighted by molar-refractivity contribution is 5.17. The highest BCUT2D eigenvalue weighted by Crippen LogP contribution is 2.34. The molecule has 0 aromatic carbocycles. The molecule has 1 saturated carbocycles. The van der Waals surface area contributed by atoms with E-state index < -0.39 is 98.8 Å². The van der Waals surface area contributed by atoms with Gasteiger partial charge in [0.05, 0.1) is 62.5 Å². The highest BCUT2D eigenvalue weighted by atomic mass is 16.7. The third-order valence-corrected chi connectivity index (χ3v) is 8.91. The Labute approximate surface area is 239 Å². The molecule has 3 fully saturated rings. The number of nitrogens with one attached hydrogen (secondary N) is 1. The van der Waals surface area contributed by atoms with Crippen LogP contribution in [0.25, 0.3) is 0 Å². The highest BCUT2D eigenvalue weighted by Gasteiger charge is 2.48. The van der Waals surface area contributed by atoms with Gasteiger partial charge in [0.15, 0.2) is 6.29 Å². The van der Waals surface area contributed by atoms with Crippen LogP contribution in [0.15, 0.2) is 11.6 Å². The Morgan fingerprint density at radius 1 is 0.780 bits per heavy atom. The Hall–Kier alpha value is -0.820. The standard InChI is InChI=1S/C27H47NO13/c1-11-3-19(16(32)6-14(11)28-15-4-13(8-29)5-17(33)24(15)36)39-20-7-18(34)27(40-21(20)9-30)41-26-22(10-31)38-12(2)23(35)25(26)37/h4,11-12,14-37H,3,5-10H2,1-2H3. The lowest BCUT2D eigenvalue weighted by molar-refractivity contribution is -0.331. The second-order valence-corrected chi connectivity index (χ2v) is 11.9. The van der Waals surface area contributed by atoms with E-state index in [0.29, 0.717) is 12.0 Å². The van der Waals surface area contributed by atoms with Gasteiger partial charge in [0.1, 0.15) is 36.6 Å². The molecule has 0 spiro atoms. The molecular weight excluding hydrogens is 546 g/mol. The number of hydrogen-bond donors (Lipinski definition) is 10. The van der Waals surface area contributed by atoms with Gasteiger partial charge in [-0.15, -0.1) is 0 Å². The van der Waals surface area contributed by atoms with Crippen molar-refractivity contribution in [3.63, 3.8) is 0 Å². The molecule has 0 aromatic heterocycles. The first kappa shape index (κ1) is 33.1. The monoisotopic (exact) mass is 593 g/mol. The van der Waals surface area contributed by atoms with E-state index in [-0.39, 0.29) is 37.8 Å². The van der Waals surface area contributed by atoms with Gasteiger partial charge < -0.3 is 70.2 Å². The molecule has 0 radical (unpaired) electrons. The molecular formula is C27H47NO13. The quantitative estimate of drug-likeness (QED) is 0.116. The molecule has 0 aromatic rings. The molecule has 2 heterocycles. The Bertz CT molecular complexity index is 863. The van der Waals surface area contributed by atoms with Gasteiger partial charge >= 0.3 is 0 Å². The van der Waals surface area contributed by atoms with Gasteiger partial charge in [-0.25, -0.2) is 0 Å². The zero-order valence-electron chi connectivity index (χ0n) is 23.4. The van der Waals surface area contributed by atoms with Gasteiger partial charge in [-0.3, -0.25) is 0 Å². The zero-order chi connectivity index (χ0) is 30.0.